The molecule has 12 heavy (non-hydrogen) atoms. The molecule has 1 aliphatic carbocycles. The van der Waals surface area contributed by atoms with Crippen molar-refractivity contribution < 1.29 is 0 Å². The van der Waals surface area contributed by atoms with E-state index in [1.165, 1.54) is 30.4 Å². The third kappa shape index (κ3) is 1.13. The molecule has 1 aliphatic rings. The first-order valence-electron chi connectivity index (χ1n) is 4.74. The van der Waals surface area contributed by atoms with Gasteiger partial charge in [-0.25, -0.2) is 0 Å². The predicted octanol–water partition coefficient (Wildman–Crippen LogP) is 2.69. The van der Waals surface area contributed by atoms with Crippen molar-refractivity contribution in [3.63, 3.8) is 0 Å². The minimum atomic E-state index is 0.630. The van der Waals surface area contributed by atoms with Gasteiger partial charge < -0.3 is 0 Å². The van der Waals surface area contributed by atoms with Crippen LogP contribution in [0.15, 0.2) is 12.4 Å². The summed E-state index contributed by atoms with van der Waals surface area (Å²) in [5.74, 6) is 0.630. The summed E-state index contributed by atoms with van der Waals surface area (Å²) in [6, 6.07) is 0. The van der Waals surface area contributed by atoms with E-state index in [0.717, 1.165) is 0 Å². The molecule has 0 amide bonds. The van der Waals surface area contributed by atoms with Gasteiger partial charge >= 0.3 is 0 Å². The molecule has 0 spiro atoms. The summed E-state index contributed by atoms with van der Waals surface area (Å²) in [7, 11) is 0. The van der Waals surface area contributed by atoms with Gasteiger partial charge in [-0.2, -0.15) is 0 Å². The lowest BCUT2D eigenvalue weighted by molar-refractivity contribution is 0.832. The lowest BCUT2D eigenvalue weighted by atomic mass is 9.98. The van der Waals surface area contributed by atoms with Crippen molar-refractivity contribution in [3.8, 4) is 0 Å². The smallest absolute Gasteiger partial charge is 0.0305 e. The Morgan fingerprint density at radius 3 is 2.83 bits per heavy atom. The van der Waals surface area contributed by atoms with E-state index in [-0.39, 0.29) is 0 Å². The first-order valence-corrected chi connectivity index (χ1v) is 4.74. The van der Waals surface area contributed by atoms with Gasteiger partial charge in [0.05, 0.1) is 0 Å². The summed E-state index contributed by atoms with van der Waals surface area (Å²) >= 11 is 0. The molecule has 2 rings (SSSR count). The summed E-state index contributed by atoms with van der Waals surface area (Å²) in [4.78, 5) is 4.28. The Kier molecular flexibility index (Phi) is 1.87. The van der Waals surface area contributed by atoms with Crippen molar-refractivity contribution >= 4 is 0 Å². The summed E-state index contributed by atoms with van der Waals surface area (Å²) in [5.41, 5.74) is 4.53. The van der Waals surface area contributed by atoms with Gasteiger partial charge in [0, 0.05) is 12.4 Å². The average molecular weight is 161 g/mol. The van der Waals surface area contributed by atoms with Crippen LogP contribution in [0.5, 0.6) is 0 Å². The summed E-state index contributed by atoms with van der Waals surface area (Å²) in [6.45, 7) is 4.49. The SMILES string of the molecule is CC(C)c1cncc2c1CCC2. The molecule has 0 N–H and O–H groups in total. The zero-order valence-corrected chi connectivity index (χ0v) is 7.80. The molecular formula is C11H15N. The van der Waals surface area contributed by atoms with Crippen molar-refractivity contribution in [2.24, 2.45) is 0 Å². The van der Waals surface area contributed by atoms with Crippen molar-refractivity contribution in [2.45, 2.75) is 39.0 Å². The topological polar surface area (TPSA) is 12.9 Å². The Morgan fingerprint density at radius 2 is 2.08 bits per heavy atom. The van der Waals surface area contributed by atoms with E-state index in [4.69, 9.17) is 0 Å². The molecule has 0 aromatic carbocycles. The molecule has 1 heteroatoms. The van der Waals surface area contributed by atoms with Crippen LogP contribution in [0.25, 0.3) is 0 Å². The number of rotatable bonds is 1. The standard InChI is InChI=1S/C11H15N/c1-8(2)11-7-12-6-9-4-3-5-10(9)11/h6-8H,3-5H2,1-2H3. The highest BCUT2D eigenvalue weighted by atomic mass is 14.6. The third-order valence-corrected chi connectivity index (χ3v) is 2.67. The third-order valence-electron chi connectivity index (χ3n) is 2.67. The van der Waals surface area contributed by atoms with Crippen LogP contribution in [0, 0.1) is 0 Å². The van der Waals surface area contributed by atoms with Crippen molar-refractivity contribution in [1.82, 2.24) is 4.98 Å². The first-order chi connectivity index (χ1) is 5.79. The van der Waals surface area contributed by atoms with Gasteiger partial charge in [-0.05, 0) is 41.9 Å². The number of fused-ring (bicyclic) bond motifs is 1. The van der Waals surface area contributed by atoms with Gasteiger partial charge in [-0.1, -0.05) is 13.8 Å². The van der Waals surface area contributed by atoms with E-state index in [1.807, 2.05) is 12.4 Å². The largest absolute Gasteiger partial charge is 0.264 e. The van der Waals surface area contributed by atoms with Gasteiger partial charge in [-0.15, -0.1) is 0 Å². The van der Waals surface area contributed by atoms with E-state index in [1.54, 1.807) is 5.56 Å². The van der Waals surface area contributed by atoms with Crippen LogP contribution in [0.4, 0.5) is 0 Å². The van der Waals surface area contributed by atoms with Crippen LogP contribution in [0.2, 0.25) is 0 Å². The summed E-state index contributed by atoms with van der Waals surface area (Å²) in [5, 5.41) is 0. The van der Waals surface area contributed by atoms with Crippen LogP contribution in [-0.4, -0.2) is 4.98 Å². The van der Waals surface area contributed by atoms with Crippen LogP contribution in [-0.2, 0) is 12.8 Å². The highest BCUT2D eigenvalue weighted by molar-refractivity contribution is 5.36. The van der Waals surface area contributed by atoms with Crippen LogP contribution in [0.1, 0.15) is 42.9 Å². The molecule has 64 valence electrons. The van der Waals surface area contributed by atoms with Gasteiger partial charge in [0.2, 0.25) is 0 Å². The second-order valence-corrected chi connectivity index (χ2v) is 3.87. The van der Waals surface area contributed by atoms with Gasteiger partial charge in [-0.3, -0.25) is 4.98 Å². The number of nitrogens with zero attached hydrogens (tertiary/aromatic N) is 1. The van der Waals surface area contributed by atoms with Crippen molar-refractivity contribution in [3.05, 3.63) is 29.1 Å². The van der Waals surface area contributed by atoms with E-state index < -0.39 is 0 Å². The molecule has 0 fully saturated rings. The molecular weight excluding hydrogens is 146 g/mol. The number of aromatic nitrogens is 1. The van der Waals surface area contributed by atoms with Crippen LogP contribution < -0.4 is 0 Å². The normalized spacial score (nSPS) is 15.2. The maximum Gasteiger partial charge on any atom is 0.0305 e. The fraction of sp³-hybridized carbons (Fsp3) is 0.545. The minimum absolute atomic E-state index is 0.630. The maximum atomic E-state index is 4.28. The van der Waals surface area contributed by atoms with E-state index >= 15 is 0 Å². The Bertz CT molecular complexity index is 289. The number of aryl methyl sites for hydroxylation is 1. The van der Waals surface area contributed by atoms with Crippen molar-refractivity contribution in [1.29, 1.82) is 0 Å². The fourth-order valence-corrected chi connectivity index (χ4v) is 2.02. The predicted molar refractivity (Wildman–Crippen MR) is 50.4 cm³/mol. The lowest BCUT2D eigenvalue weighted by Crippen LogP contribution is -1.96. The highest BCUT2D eigenvalue weighted by Gasteiger charge is 2.16. The van der Waals surface area contributed by atoms with Gasteiger partial charge in [0.1, 0.15) is 0 Å². The van der Waals surface area contributed by atoms with E-state index in [9.17, 15) is 0 Å². The number of hydrogen-bond donors (Lipinski definition) is 0. The Hall–Kier alpha value is -0.850. The number of hydrogen-bond acceptors (Lipinski definition) is 1. The molecule has 0 radical (unpaired) electrons. The molecule has 0 unspecified atom stereocenters. The van der Waals surface area contributed by atoms with Crippen LogP contribution in [0.3, 0.4) is 0 Å². The zero-order valence-electron chi connectivity index (χ0n) is 7.80. The van der Waals surface area contributed by atoms with Crippen LogP contribution >= 0.6 is 0 Å². The maximum absolute atomic E-state index is 4.28. The molecule has 0 saturated carbocycles. The van der Waals surface area contributed by atoms with Gasteiger partial charge in [0.15, 0.2) is 0 Å². The summed E-state index contributed by atoms with van der Waals surface area (Å²) in [6.07, 6.45) is 7.90. The van der Waals surface area contributed by atoms with Crippen molar-refractivity contribution in [2.75, 3.05) is 0 Å². The Labute approximate surface area is 73.8 Å². The highest BCUT2D eigenvalue weighted by Crippen LogP contribution is 2.28. The molecule has 0 atom stereocenters. The quantitative estimate of drug-likeness (QED) is 0.617. The second kappa shape index (κ2) is 2.89. The number of pyridine rings is 1. The monoisotopic (exact) mass is 161 g/mol. The second-order valence-electron chi connectivity index (χ2n) is 3.87. The first kappa shape index (κ1) is 7.78. The Balaban J connectivity index is 2.49. The molecule has 1 aromatic heterocycles. The zero-order chi connectivity index (χ0) is 8.55. The molecule has 0 bridgehead atoms. The molecule has 0 aliphatic heterocycles. The molecule has 1 heterocycles. The molecule has 1 nitrogen and oxygen atoms in total. The fourth-order valence-electron chi connectivity index (χ4n) is 2.02. The van der Waals surface area contributed by atoms with Gasteiger partial charge in [0.25, 0.3) is 0 Å². The van der Waals surface area contributed by atoms with E-state index in [2.05, 4.69) is 18.8 Å². The average Bonchev–Trinajstić information content (AvgIpc) is 2.49. The summed E-state index contributed by atoms with van der Waals surface area (Å²) < 4.78 is 0. The van der Waals surface area contributed by atoms with E-state index in [0.29, 0.717) is 5.92 Å². The Morgan fingerprint density at radius 1 is 1.25 bits per heavy atom. The minimum Gasteiger partial charge on any atom is -0.264 e. The molecule has 1 aromatic rings. The molecule has 0 saturated heterocycles. The lowest BCUT2D eigenvalue weighted by Gasteiger charge is -2.10.